The molecule has 27 heavy (non-hydrogen) atoms. The molecule has 0 fully saturated rings. The van der Waals surface area contributed by atoms with Gasteiger partial charge in [0.25, 0.3) is 5.91 Å². The zero-order chi connectivity index (χ0) is 18.6. The molecule has 0 saturated heterocycles. The van der Waals surface area contributed by atoms with Gasteiger partial charge in [-0.15, -0.1) is 0 Å². The van der Waals surface area contributed by atoms with Gasteiger partial charge in [0.2, 0.25) is 12.9 Å². The van der Waals surface area contributed by atoms with Crippen LogP contribution in [0.3, 0.4) is 0 Å². The summed E-state index contributed by atoms with van der Waals surface area (Å²) >= 11 is 0. The number of para-hydroxylation sites is 2. The maximum absolute atomic E-state index is 12.2. The first kappa shape index (κ1) is 17.0. The summed E-state index contributed by atoms with van der Waals surface area (Å²) in [5.41, 5.74) is 4.09. The molecule has 1 unspecified atom stereocenters. The SMILES string of the molecule is CC(/C=C/c1ccc2c(c1)OCO2)=N\NC(=O)C1COc2ccccc2O1. The summed E-state index contributed by atoms with van der Waals surface area (Å²) in [5, 5.41) is 4.08. The largest absolute Gasteiger partial charge is 0.485 e. The molecule has 0 radical (unpaired) electrons. The van der Waals surface area contributed by atoms with Crippen molar-refractivity contribution in [2.45, 2.75) is 13.0 Å². The number of allylic oxidation sites excluding steroid dienone is 1. The molecule has 2 aliphatic heterocycles. The highest BCUT2D eigenvalue weighted by atomic mass is 16.7. The third kappa shape index (κ3) is 3.87. The van der Waals surface area contributed by atoms with Gasteiger partial charge in [-0.1, -0.05) is 24.3 Å². The number of ether oxygens (including phenoxy) is 4. The predicted octanol–water partition coefficient (Wildman–Crippen LogP) is 2.76. The molecule has 7 heteroatoms. The first-order valence-electron chi connectivity index (χ1n) is 8.49. The number of hydrazone groups is 1. The van der Waals surface area contributed by atoms with E-state index in [2.05, 4.69) is 10.5 Å². The lowest BCUT2D eigenvalue weighted by Crippen LogP contribution is -2.42. The average Bonchev–Trinajstić information content (AvgIpc) is 3.18. The van der Waals surface area contributed by atoms with Gasteiger partial charge in [0, 0.05) is 0 Å². The van der Waals surface area contributed by atoms with Crippen LogP contribution >= 0.6 is 0 Å². The van der Waals surface area contributed by atoms with E-state index in [9.17, 15) is 4.79 Å². The van der Waals surface area contributed by atoms with Gasteiger partial charge < -0.3 is 18.9 Å². The monoisotopic (exact) mass is 366 g/mol. The summed E-state index contributed by atoms with van der Waals surface area (Å²) in [4.78, 5) is 12.2. The molecule has 0 saturated carbocycles. The number of hydrogen-bond acceptors (Lipinski definition) is 6. The second-order valence-corrected chi connectivity index (χ2v) is 6.04. The Hall–Kier alpha value is -3.48. The Bertz CT molecular complexity index is 922. The second-order valence-electron chi connectivity index (χ2n) is 6.04. The van der Waals surface area contributed by atoms with Crippen LogP contribution in [0.5, 0.6) is 23.0 Å². The van der Waals surface area contributed by atoms with E-state index in [1.54, 1.807) is 25.1 Å². The van der Waals surface area contributed by atoms with E-state index in [0.717, 1.165) is 17.1 Å². The molecule has 2 aromatic rings. The minimum Gasteiger partial charge on any atom is -0.485 e. The molecule has 2 aliphatic rings. The lowest BCUT2D eigenvalue weighted by molar-refractivity contribution is -0.130. The van der Waals surface area contributed by atoms with Crippen molar-refractivity contribution in [3.05, 3.63) is 54.1 Å². The number of benzene rings is 2. The highest BCUT2D eigenvalue weighted by Crippen LogP contribution is 2.33. The summed E-state index contributed by atoms with van der Waals surface area (Å²) in [7, 11) is 0. The van der Waals surface area contributed by atoms with Crippen molar-refractivity contribution in [2.24, 2.45) is 5.10 Å². The van der Waals surface area contributed by atoms with Crippen LogP contribution in [0.2, 0.25) is 0 Å². The summed E-state index contributed by atoms with van der Waals surface area (Å²) in [6.07, 6.45) is 2.93. The first-order valence-corrected chi connectivity index (χ1v) is 8.49. The predicted molar refractivity (Wildman–Crippen MR) is 99.2 cm³/mol. The molecule has 2 heterocycles. The molecule has 7 nitrogen and oxygen atoms in total. The summed E-state index contributed by atoms with van der Waals surface area (Å²) in [6, 6.07) is 12.9. The van der Waals surface area contributed by atoms with Crippen molar-refractivity contribution in [3.63, 3.8) is 0 Å². The van der Waals surface area contributed by atoms with Crippen molar-refractivity contribution in [2.75, 3.05) is 13.4 Å². The number of rotatable bonds is 4. The Morgan fingerprint density at radius 3 is 2.74 bits per heavy atom. The van der Waals surface area contributed by atoms with Gasteiger partial charge in [0.1, 0.15) is 6.61 Å². The standard InChI is InChI=1S/C20H18N2O5/c1-13(6-7-14-8-9-16-18(10-14)26-12-25-16)21-22-20(23)19-11-24-15-4-2-3-5-17(15)27-19/h2-10,19H,11-12H2,1H3,(H,22,23)/b7-6+,21-13+. The van der Waals surface area contributed by atoms with E-state index in [4.69, 9.17) is 18.9 Å². The molecule has 1 N–H and O–H groups in total. The fraction of sp³-hybridized carbons (Fsp3) is 0.200. The van der Waals surface area contributed by atoms with Crippen LogP contribution in [0.15, 0.2) is 53.6 Å². The number of nitrogens with zero attached hydrogens (tertiary/aromatic N) is 1. The van der Waals surface area contributed by atoms with E-state index in [1.165, 1.54) is 0 Å². The van der Waals surface area contributed by atoms with Crippen LogP contribution in [-0.4, -0.2) is 31.1 Å². The van der Waals surface area contributed by atoms with E-state index >= 15 is 0 Å². The zero-order valence-electron chi connectivity index (χ0n) is 14.7. The van der Waals surface area contributed by atoms with Gasteiger partial charge >= 0.3 is 0 Å². The summed E-state index contributed by atoms with van der Waals surface area (Å²) < 4.78 is 21.8. The van der Waals surface area contributed by atoms with Gasteiger partial charge in [-0.2, -0.15) is 5.10 Å². The number of fused-ring (bicyclic) bond motifs is 2. The molecule has 1 amide bonds. The fourth-order valence-electron chi connectivity index (χ4n) is 2.63. The van der Waals surface area contributed by atoms with E-state index in [-0.39, 0.29) is 19.3 Å². The fourth-order valence-corrected chi connectivity index (χ4v) is 2.63. The summed E-state index contributed by atoms with van der Waals surface area (Å²) in [5.74, 6) is 2.27. The molecule has 0 spiro atoms. The van der Waals surface area contributed by atoms with E-state index in [1.807, 2.05) is 36.4 Å². The lowest BCUT2D eigenvalue weighted by atomic mass is 10.2. The van der Waals surface area contributed by atoms with E-state index in [0.29, 0.717) is 17.2 Å². The molecule has 0 aromatic heterocycles. The van der Waals surface area contributed by atoms with Crippen molar-refractivity contribution in [3.8, 4) is 23.0 Å². The van der Waals surface area contributed by atoms with Gasteiger partial charge in [-0.25, -0.2) is 5.43 Å². The Balaban J connectivity index is 1.34. The Morgan fingerprint density at radius 1 is 1.07 bits per heavy atom. The summed E-state index contributed by atoms with van der Waals surface area (Å²) in [6.45, 7) is 2.17. The van der Waals surface area contributed by atoms with Gasteiger partial charge in [-0.05, 0) is 42.8 Å². The number of carbonyl (C=O) groups is 1. The van der Waals surface area contributed by atoms with Crippen LogP contribution in [0.25, 0.3) is 6.08 Å². The van der Waals surface area contributed by atoms with Crippen LogP contribution in [0.4, 0.5) is 0 Å². The molecule has 4 rings (SSSR count). The topological polar surface area (TPSA) is 78.4 Å². The van der Waals surface area contributed by atoms with Crippen molar-refractivity contribution < 1.29 is 23.7 Å². The average molecular weight is 366 g/mol. The van der Waals surface area contributed by atoms with Crippen molar-refractivity contribution in [1.82, 2.24) is 5.43 Å². The van der Waals surface area contributed by atoms with Gasteiger partial charge in [0.15, 0.2) is 23.0 Å². The van der Waals surface area contributed by atoms with Crippen molar-refractivity contribution >= 4 is 17.7 Å². The highest BCUT2D eigenvalue weighted by molar-refractivity contribution is 5.97. The highest BCUT2D eigenvalue weighted by Gasteiger charge is 2.27. The second kappa shape index (κ2) is 7.41. The zero-order valence-corrected chi connectivity index (χ0v) is 14.7. The molecule has 0 bridgehead atoms. The number of carbonyl (C=O) groups excluding carboxylic acids is 1. The van der Waals surface area contributed by atoms with Crippen molar-refractivity contribution in [1.29, 1.82) is 0 Å². The van der Waals surface area contributed by atoms with Gasteiger partial charge in [0.05, 0.1) is 5.71 Å². The Labute approximate surface area is 156 Å². The lowest BCUT2D eigenvalue weighted by Gasteiger charge is -2.24. The molecular weight excluding hydrogens is 348 g/mol. The quantitative estimate of drug-likeness (QED) is 0.665. The minimum absolute atomic E-state index is 0.143. The number of amides is 1. The van der Waals surface area contributed by atoms with Crippen LogP contribution < -0.4 is 24.4 Å². The van der Waals surface area contributed by atoms with E-state index < -0.39 is 6.10 Å². The first-order chi connectivity index (χ1) is 13.2. The number of nitrogens with one attached hydrogen (secondary N) is 1. The molecule has 1 atom stereocenters. The Morgan fingerprint density at radius 2 is 1.85 bits per heavy atom. The van der Waals surface area contributed by atoms with Crippen LogP contribution in [-0.2, 0) is 4.79 Å². The molecule has 2 aromatic carbocycles. The molecule has 0 aliphatic carbocycles. The maximum Gasteiger partial charge on any atom is 0.284 e. The molecular formula is C20H18N2O5. The van der Waals surface area contributed by atoms with Crippen LogP contribution in [0, 0.1) is 0 Å². The van der Waals surface area contributed by atoms with Gasteiger partial charge in [-0.3, -0.25) is 4.79 Å². The minimum atomic E-state index is -0.741. The van der Waals surface area contributed by atoms with Crippen LogP contribution in [0.1, 0.15) is 12.5 Å². The smallest absolute Gasteiger partial charge is 0.284 e. The number of hydrogen-bond donors (Lipinski definition) is 1. The maximum atomic E-state index is 12.2. The Kier molecular flexibility index (Phi) is 4.65. The normalized spacial score (nSPS) is 17.8. The molecule has 138 valence electrons. The third-order valence-corrected chi connectivity index (χ3v) is 4.06. The third-order valence-electron chi connectivity index (χ3n) is 4.06.